The molecule has 0 amide bonds. The van der Waals surface area contributed by atoms with E-state index in [2.05, 4.69) is 26.1 Å². The average molecular weight is 199 g/mol. The molecule has 0 aliphatic carbocycles. The Hall–Kier alpha value is -0.0900. The molecule has 1 rings (SSSR count). The second-order valence-corrected chi connectivity index (χ2v) is 1.53. The van der Waals surface area contributed by atoms with Crippen molar-refractivity contribution < 1.29 is 4.42 Å². The Morgan fingerprint density at radius 3 is 2.75 bits per heavy atom. The predicted octanol–water partition coefficient (Wildman–Crippen LogP) is 1.39. The van der Waals surface area contributed by atoms with Gasteiger partial charge in [0.15, 0.2) is 0 Å². The molecule has 0 aliphatic heterocycles. The molecular weight excluding hydrogens is 195 g/mol. The Morgan fingerprint density at radius 1 is 1.75 bits per heavy atom. The lowest BCUT2D eigenvalue weighted by Crippen LogP contribution is -1.72. The van der Waals surface area contributed by atoms with E-state index in [1.165, 1.54) is 6.39 Å². The fourth-order valence-corrected chi connectivity index (χ4v) is 0.498. The van der Waals surface area contributed by atoms with Crippen LogP contribution in [-0.4, -0.2) is 10.2 Å². The van der Waals surface area contributed by atoms with Gasteiger partial charge in [-0.25, -0.2) is 0 Å². The molecule has 0 atom stereocenters. The van der Waals surface area contributed by atoms with Gasteiger partial charge in [-0.2, -0.15) is 0 Å². The summed E-state index contributed by atoms with van der Waals surface area (Å²) in [5.74, 6) is 0.611. The zero-order valence-electron chi connectivity index (χ0n) is 3.87. The third-order valence-electron chi connectivity index (χ3n) is 0.519. The number of hydrogen-bond acceptors (Lipinski definition) is 3. The summed E-state index contributed by atoms with van der Waals surface area (Å²) in [6.07, 6.45) is 1.30. The van der Waals surface area contributed by atoms with Crippen molar-refractivity contribution in [3.63, 3.8) is 0 Å². The Bertz CT molecular complexity index is 132. The third kappa shape index (κ3) is 1.79. The van der Waals surface area contributed by atoms with Crippen LogP contribution in [0.2, 0.25) is 0 Å². The lowest BCUT2D eigenvalue weighted by Gasteiger charge is -1.73. The van der Waals surface area contributed by atoms with E-state index in [-0.39, 0.29) is 12.4 Å². The predicted molar refractivity (Wildman–Crippen MR) is 34.2 cm³/mol. The lowest BCUT2D eigenvalue weighted by molar-refractivity contribution is 0.516. The molecule has 0 spiro atoms. The van der Waals surface area contributed by atoms with Crippen LogP contribution in [0.25, 0.3) is 0 Å². The topological polar surface area (TPSA) is 38.9 Å². The molecule has 0 unspecified atom stereocenters. The maximum atomic E-state index is 4.71. The van der Waals surface area contributed by atoms with E-state index < -0.39 is 0 Å². The number of aromatic nitrogens is 2. The van der Waals surface area contributed by atoms with E-state index in [0.717, 1.165) is 0 Å². The van der Waals surface area contributed by atoms with E-state index in [1.54, 1.807) is 0 Å². The summed E-state index contributed by atoms with van der Waals surface area (Å²) in [5.41, 5.74) is 0. The van der Waals surface area contributed by atoms with Crippen molar-refractivity contribution in [3.05, 3.63) is 12.3 Å². The quantitative estimate of drug-likeness (QED) is 0.642. The molecule has 0 saturated carbocycles. The molecule has 0 bridgehead atoms. The summed E-state index contributed by atoms with van der Waals surface area (Å²) in [6, 6.07) is 0. The first kappa shape index (κ1) is 7.91. The molecular formula is C3H4BrClN2O. The van der Waals surface area contributed by atoms with E-state index in [0.29, 0.717) is 11.2 Å². The molecule has 1 aromatic heterocycles. The van der Waals surface area contributed by atoms with Crippen LogP contribution >= 0.6 is 28.3 Å². The van der Waals surface area contributed by atoms with E-state index in [1.807, 2.05) is 0 Å². The first-order valence-corrected chi connectivity index (χ1v) is 2.86. The van der Waals surface area contributed by atoms with Crippen LogP contribution < -0.4 is 0 Å². The third-order valence-corrected chi connectivity index (χ3v) is 0.999. The van der Waals surface area contributed by atoms with Gasteiger partial charge in [0.1, 0.15) is 0 Å². The van der Waals surface area contributed by atoms with Crippen molar-refractivity contribution >= 4 is 28.3 Å². The van der Waals surface area contributed by atoms with Crippen molar-refractivity contribution in [2.45, 2.75) is 5.33 Å². The van der Waals surface area contributed by atoms with Gasteiger partial charge in [-0.3, -0.25) is 0 Å². The summed E-state index contributed by atoms with van der Waals surface area (Å²) in [7, 11) is 0. The number of hydrogen-bond donors (Lipinski definition) is 0. The van der Waals surface area contributed by atoms with Gasteiger partial charge in [-0.15, -0.1) is 22.6 Å². The Balaban J connectivity index is 0.000000490. The van der Waals surface area contributed by atoms with Gasteiger partial charge in [0, 0.05) is 0 Å². The van der Waals surface area contributed by atoms with Crippen LogP contribution in [0, 0.1) is 0 Å². The van der Waals surface area contributed by atoms with Crippen molar-refractivity contribution in [3.8, 4) is 0 Å². The van der Waals surface area contributed by atoms with Gasteiger partial charge in [-0.1, -0.05) is 15.9 Å². The minimum Gasteiger partial charge on any atom is -0.427 e. The summed E-state index contributed by atoms with van der Waals surface area (Å²) < 4.78 is 4.71. The highest BCUT2D eigenvalue weighted by Crippen LogP contribution is 1.96. The van der Waals surface area contributed by atoms with Crippen molar-refractivity contribution in [2.75, 3.05) is 0 Å². The first-order valence-electron chi connectivity index (χ1n) is 1.74. The Labute approximate surface area is 61.0 Å². The number of halogens is 2. The van der Waals surface area contributed by atoms with E-state index >= 15 is 0 Å². The number of nitrogens with zero attached hydrogens (tertiary/aromatic N) is 2. The normalized spacial score (nSPS) is 8.12. The molecule has 8 heavy (non-hydrogen) atoms. The molecule has 0 aliphatic rings. The van der Waals surface area contributed by atoms with Crippen molar-refractivity contribution in [1.82, 2.24) is 10.2 Å². The van der Waals surface area contributed by atoms with Gasteiger partial charge < -0.3 is 4.42 Å². The van der Waals surface area contributed by atoms with Crippen molar-refractivity contribution in [2.24, 2.45) is 0 Å². The smallest absolute Gasteiger partial charge is 0.226 e. The lowest BCUT2D eigenvalue weighted by atomic mass is 10.8. The highest BCUT2D eigenvalue weighted by Gasteiger charge is 1.89. The fraction of sp³-hybridized carbons (Fsp3) is 0.333. The van der Waals surface area contributed by atoms with Gasteiger partial charge in [0.25, 0.3) is 0 Å². The minimum atomic E-state index is 0. The highest BCUT2D eigenvalue weighted by molar-refractivity contribution is 9.08. The van der Waals surface area contributed by atoms with Crippen LogP contribution in [0.3, 0.4) is 0 Å². The van der Waals surface area contributed by atoms with Crippen LogP contribution in [0.15, 0.2) is 10.8 Å². The summed E-state index contributed by atoms with van der Waals surface area (Å²) in [6.45, 7) is 0. The zero-order valence-corrected chi connectivity index (χ0v) is 6.28. The van der Waals surface area contributed by atoms with E-state index in [4.69, 9.17) is 4.42 Å². The van der Waals surface area contributed by atoms with Gasteiger partial charge in [0.2, 0.25) is 12.3 Å². The van der Waals surface area contributed by atoms with Crippen LogP contribution in [-0.2, 0) is 5.33 Å². The molecule has 3 nitrogen and oxygen atoms in total. The molecule has 0 saturated heterocycles. The molecule has 0 radical (unpaired) electrons. The average Bonchev–Trinajstić information content (AvgIpc) is 2.14. The van der Waals surface area contributed by atoms with Crippen LogP contribution in [0.1, 0.15) is 5.89 Å². The largest absolute Gasteiger partial charge is 0.427 e. The number of rotatable bonds is 1. The molecule has 5 heteroatoms. The van der Waals surface area contributed by atoms with Crippen LogP contribution in [0.4, 0.5) is 0 Å². The maximum Gasteiger partial charge on any atom is 0.226 e. The molecule has 46 valence electrons. The second-order valence-electron chi connectivity index (χ2n) is 0.966. The summed E-state index contributed by atoms with van der Waals surface area (Å²) >= 11 is 3.14. The maximum absolute atomic E-state index is 4.71. The van der Waals surface area contributed by atoms with Crippen molar-refractivity contribution in [1.29, 1.82) is 0 Å². The second kappa shape index (κ2) is 3.86. The standard InChI is InChI=1S/C3H3BrN2O.ClH/c4-1-3-6-5-2-7-3;/h2H,1H2;1H. The molecule has 1 heterocycles. The molecule has 1 aromatic rings. The first-order chi connectivity index (χ1) is 3.43. The SMILES string of the molecule is BrCc1nnco1.Cl. The Morgan fingerprint density at radius 2 is 2.50 bits per heavy atom. The molecule has 0 N–H and O–H groups in total. The zero-order chi connectivity index (χ0) is 5.11. The van der Waals surface area contributed by atoms with Gasteiger partial charge in [-0.05, 0) is 0 Å². The fourth-order valence-electron chi connectivity index (χ4n) is 0.254. The van der Waals surface area contributed by atoms with Crippen LogP contribution in [0.5, 0.6) is 0 Å². The van der Waals surface area contributed by atoms with Gasteiger partial charge in [0.05, 0.1) is 5.33 Å². The number of alkyl halides is 1. The Kier molecular flexibility index (Phi) is 3.81. The molecule has 0 fully saturated rings. The van der Waals surface area contributed by atoms with E-state index in [9.17, 15) is 0 Å². The minimum absolute atomic E-state index is 0. The molecule has 0 aromatic carbocycles. The summed E-state index contributed by atoms with van der Waals surface area (Å²) in [5, 5.41) is 7.65. The van der Waals surface area contributed by atoms with Gasteiger partial charge >= 0.3 is 0 Å². The highest BCUT2D eigenvalue weighted by atomic mass is 79.9. The monoisotopic (exact) mass is 198 g/mol. The summed E-state index contributed by atoms with van der Waals surface area (Å²) in [4.78, 5) is 0.